The number of ether oxygens (including phenoxy) is 1. The lowest BCUT2D eigenvalue weighted by atomic mass is 10.3. The van der Waals surface area contributed by atoms with Crippen molar-refractivity contribution >= 4 is 21.6 Å². The number of methoxy groups -OCH3 is 1. The Hall–Kier alpha value is -2.65. The van der Waals surface area contributed by atoms with Gasteiger partial charge < -0.3 is 15.0 Å². The highest BCUT2D eigenvalue weighted by Gasteiger charge is 2.29. The van der Waals surface area contributed by atoms with Crippen LogP contribution in [0.15, 0.2) is 53.4 Å². The Morgan fingerprint density at radius 2 is 1.79 bits per heavy atom. The van der Waals surface area contributed by atoms with Crippen molar-refractivity contribution < 1.29 is 22.3 Å². The van der Waals surface area contributed by atoms with Crippen LogP contribution in [0.4, 0.5) is 10.1 Å². The molecule has 1 aliphatic heterocycles. The number of amides is 1. The molecule has 7 nitrogen and oxygen atoms in total. The number of rotatable bonds is 6. The van der Waals surface area contributed by atoms with Crippen LogP contribution in [0.25, 0.3) is 0 Å². The first-order valence-corrected chi connectivity index (χ1v) is 10.3. The minimum absolute atomic E-state index is 0.00277. The molecule has 0 radical (unpaired) electrons. The third-order valence-corrected chi connectivity index (χ3v) is 6.48. The molecule has 28 heavy (non-hydrogen) atoms. The fraction of sp³-hybridized carbons (Fsp3) is 0.316. The zero-order valence-corrected chi connectivity index (χ0v) is 16.3. The SMILES string of the molecule is COc1ccc(NCC(=O)N2CCN(S(=O)(=O)c3ccccc3)CC2)cc1F. The van der Waals surface area contributed by atoms with Gasteiger partial charge >= 0.3 is 0 Å². The van der Waals surface area contributed by atoms with Crippen molar-refractivity contribution in [1.29, 1.82) is 0 Å². The number of sulfonamides is 1. The highest BCUT2D eigenvalue weighted by Crippen LogP contribution is 2.21. The van der Waals surface area contributed by atoms with E-state index >= 15 is 0 Å². The van der Waals surface area contributed by atoms with Gasteiger partial charge in [0.2, 0.25) is 15.9 Å². The molecule has 150 valence electrons. The Morgan fingerprint density at radius 1 is 1.11 bits per heavy atom. The summed E-state index contributed by atoms with van der Waals surface area (Å²) in [4.78, 5) is 14.2. The summed E-state index contributed by atoms with van der Waals surface area (Å²) in [5.41, 5.74) is 0.469. The van der Waals surface area contributed by atoms with Gasteiger partial charge in [-0.05, 0) is 24.3 Å². The lowest BCUT2D eigenvalue weighted by Crippen LogP contribution is -2.51. The number of carbonyl (C=O) groups excluding carboxylic acids is 1. The highest BCUT2D eigenvalue weighted by atomic mass is 32.2. The molecule has 0 spiro atoms. The minimum atomic E-state index is -3.55. The summed E-state index contributed by atoms with van der Waals surface area (Å²) in [6, 6.07) is 12.6. The van der Waals surface area contributed by atoms with E-state index in [0.717, 1.165) is 0 Å². The maximum Gasteiger partial charge on any atom is 0.243 e. The normalized spacial score (nSPS) is 15.3. The van der Waals surface area contributed by atoms with Gasteiger partial charge in [-0.2, -0.15) is 4.31 Å². The molecule has 1 aliphatic rings. The van der Waals surface area contributed by atoms with Crippen LogP contribution in [0.1, 0.15) is 0 Å². The number of nitrogens with zero attached hydrogens (tertiary/aromatic N) is 2. The molecule has 9 heteroatoms. The second-order valence-electron chi connectivity index (χ2n) is 6.30. The van der Waals surface area contributed by atoms with Crippen LogP contribution in [-0.4, -0.2) is 63.4 Å². The van der Waals surface area contributed by atoms with Gasteiger partial charge in [0.25, 0.3) is 0 Å². The molecule has 0 atom stereocenters. The minimum Gasteiger partial charge on any atom is -0.494 e. The molecular formula is C19H22FN3O4S. The van der Waals surface area contributed by atoms with E-state index in [0.29, 0.717) is 18.8 Å². The lowest BCUT2D eigenvalue weighted by Gasteiger charge is -2.34. The van der Waals surface area contributed by atoms with Gasteiger partial charge in [0, 0.05) is 37.9 Å². The molecule has 0 aliphatic carbocycles. The van der Waals surface area contributed by atoms with E-state index in [9.17, 15) is 17.6 Å². The van der Waals surface area contributed by atoms with Crippen LogP contribution in [0.3, 0.4) is 0 Å². The number of piperazine rings is 1. The summed E-state index contributed by atoms with van der Waals surface area (Å²) >= 11 is 0. The van der Waals surface area contributed by atoms with Crippen LogP contribution in [0.5, 0.6) is 5.75 Å². The Morgan fingerprint density at radius 3 is 2.39 bits per heavy atom. The highest BCUT2D eigenvalue weighted by molar-refractivity contribution is 7.89. The summed E-state index contributed by atoms with van der Waals surface area (Å²) in [5.74, 6) is -0.555. The second-order valence-corrected chi connectivity index (χ2v) is 8.24. The first-order valence-electron chi connectivity index (χ1n) is 8.82. The molecule has 1 N–H and O–H groups in total. The molecule has 1 saturated heterocycles. The average Bonchev–Trinajstić information content (AvgIpc) is 2.73. The lowest BCUT2D eigenvalue weighted by molar-refractivity contribution is -0.130. The number of nitrogens with one attached hydrogen (secondary N) is 1. The second kappa shape index (κ2) is 8.57. The monoisotopic (exact) mass is 407 g/mol. The Labute approximate surface area is 163 Å². The third-order valence-electron chi connectivity index (χ3n) is 4.57. The first kappa shape index (κ1) is 20.1. The Balaban J connectivity index is 1.53. The maximum atomic E-state index is 13.7. The molecule has 2 aromatic rings. The number of hydrogen-bond donors (Lipinski definition) is 1. The van der Waals surface area contributed by atoms with Crippen LogP contribution in [0.2, 0.25) is 0 Å². The van der Waals surface area contributed by atoms with Gasteiger partial charge in [-0.3, -0.25) is 4.79 Å². The fourth-order valence-electron chi connectivity index (χ4n) is 2.99. The van der Waals surface area contributed by atoms with Crippen molar-refractivity contribution in [2.45, 2.75) is 4.90 Å². The number of hydrogen-bond acceptors (Lipinski definition) is 5. The van der Waals surface area contributed by atoms with Gasteiger partial charge in [-0.15, -0.1) is 0 Å². The van der Waals surface area contributed by atoms with E-state index in [1.54, 1.807) is 41.3 Å². The first-order chi connectivity index (χ1) is 13.4. The van der Waals surface area contributed by atoms with E-state index < -0.39 is 15.8 Å². The Bertz CT molecular complexity index is 929. The predicted molar refractivity (Wildman–Crippen MR) is 103 cm³/mol. The molecule has 1 fully saturated rings. The summed E-state index contributed by atoms with van der Waals surface area (Å²) in [7, 11) is -2.17. The Kier molecular flexibility index (Phi) is 6.15. The largest absolute Gasteiger partial charge is 0.494 e. The van der Waals surface area contributed by atoms with Crippen LogP contribution >= 0.6 is 0 Å². The van der Waals surface area contributed by atoms with E-state index in [4.69, 9.17) is 4.74 Å². The molecule has 3 rings (SSSR count). The van der Waals surface area contributed by atoms with E-state index in [-0.39, 0.29) is 36.2 Å². The van der Waals surface area contributed by atoms with Crippen LogP contribution in [-0.2, 0) is 14.8 Å². The summed E-state index contributed by atoms with van der Waals surface area (Å²) in [5, 5.41) is 2.88. The number of anilines is 1. The topological polar surface area (TPSA) is 79.0 Å². The van der Waals surface area contributed by atoms with Crippen molar-refractivity contribution in [3.63, 3.8) is 0 Å². The summed E-state index contributed by atoms with van der Waals surface area (Å²) in [6.07, 6.45) is 0. The van der Waals surface area contributed by atoms with Crippen LogP contribution in [0, 0.1) is 5.82 Å². The van der Waals surface area contributed by atoms with Crippen molar-refractivity contribution in [3.05, 3.63) is 54.3 Å². The summed E-state index contributed by atoms with van der Waals surface area (Å²) < 4.78 is 45.2. The molecular weight excluding hydrogens is 385 g/mol. The zero-order chi connectivity index (χ0) is 20.1. The van der Waals surface area contributed by atoms with Gasteiger partial charge in [0.05, 0.1) is 18.6 Å². The van der Waals surface area contributed by atoms with E-state index in [2.05, 4.69) is 5.32 Å². The van der Waals surface area contributed by atoms with E-state index in [1.165, 1.54) is 23.5 Å². The average molecular weight is 407 g/mol. The number of carbonyl (C=O) groups is 1. The van der Waals surface area contributed by atoms with Crippen molar-refractivity contribution in [3.8, 4) is 5.75 Å². The van der Waals surface area contributed by atoms with Gasteiger partial charge in [-0.25, -0.2) is 12.8 Å². The van der Waals surface area contributed by atoms with Gasteiger partial charge in [0.1, 0.15) is 0 Å². The maximum absolute atomic E-state index is 13.7. The molecule has 0 saturated carbocycles. The van der Waals surface area contributed by atoms with E-state index in [1.807, 2.05) is 0 Å². The number of halogens is 1. The summed E-state index contributed by atoms with van der Waals surface area (Å²) in [6.45, 7) is 1.09. The van der Waals surface area contributed by atoms with Crippen molar-refractivity contribution in [2.24, 2.45) is 0 Å². The number of benzene rings is 2. The zero-order valence-electron chi connectivity index (χ0n) is 15.5. The molecule has 0 bridgehead atoms. The van der Waals surface area contributed by atoms with Gasteiger partial charge in [0.15, 0.2) is 11.6 Å². The molecule has 0 aromatic heterocycles. The molecule has 1 amide bonds. The molecule has 1 heterocycles. The standard InChI is InChI=1S/C19H22FN3O4S/c1-27-18-8-7-15(13-17(18)20)21-14-19(24)22-9-11-23(12-10-22)28(25,26)16-5-3-2-4-6-16/h2-8,13,21H,9-12,14H2,1H3. The molecule has 2 aromatic carbocycles. The van der Waals surface area contributed by atoms with Crippen molar-refractivity contribution in [1.82, 2.24) is 9.21 Å². The van der Waals surface area contributed by atoms with Gasteiger partial charge in [-0.1, -0.05) is 18.2 Å². The van der Waals surface area contributed by atoms with Crippen LogP contribution < -0.4 is 10.1 Å². The smallest absolute Gasteiger partial charge is 0.243 e. The predicted octanol–water partition coefficient (Wildman–Crippen LogP) is 1.78. The quantitative estimate of drug-likeness (QED) is 0.790. The fourth-order valence-corrected chi connectivity index (χ4v) is 4.43. The third kappa shape index (κ3) is 4.42. The van der Waals surface area contributed by atoms with Crippen molar-refractivity contribution in [2.75, 3.05) is 45.2 Å². The molecule has 0 unspecified atom stereocenters.